The van der Waals surface area contributed by atoms with Crippen molar-refractivity contribution in [3.8, 4) is 0 Å². The van der Waals surface area contributed by atoms with Gasteiger partial charge in [0.25, 0.3) is 31.9 Å². The van der Waals surface area contributed by atoms with E-state index >= 15 is 0 Å². The van der Waals surface area contributed by atoms with Gasteiger partial charge in [0.2, 0.25) is 0 Å². The molecule has 0 saturated carbocycles. The van der Waals surface area contributed by atoms with E-state index in [-0.39, 0.29) is 32.3 Å². The molecular formula is C34H28N2O6S2. The summed E-state index contributed by atoms with van der Waals surface area (Å²) < 4.78 is 58.2. The lowest BCUT2D eigenvalue weighted by Gasteiger charge is -2.29. The van der Waals surface area contributed by atoms with Crippen LogP contribution >= 0.6 is 0 Å². The standard InChI is InChI=1S/C34H28N2O6S2/c1-25-17-21-29(22-18-25)43(39,40)35(33(37)27-11-5-3-6-12-27)31-15-9-10-16-32(31)36(34(38)28-13-7-4-8-14-28)44(41,42)30-23-19-26(2)20-24-30/h3-24H,1-2H3. The molecule has 8 nitrogen and oxygen atoms in total. The first-order chi connectivity index (χ1) is 21.0. The maximum absolute atomic E-state index is 14.3. The molecule has 0 aliphatic carbocycles. The molecule has 0 heterocycles. The van der Waals surface area contributed by atoms with Crippen LogP contribution in [0.2, 0.25) is 0 Å². The largest absolute Gasteiger partial charge is 0.272 e. The van der Waals surface area contributed by atoms with Gasteiger partial charge in [-0.05, 0) is 74.5 Å². The van der Waals surface area contributed by atoms with Crippen molar-refractivity contribution in [1.82, 2.24) is 0 Å². The Bertz CT molecular complexity index is 1880. The van der Waals surface area contributed by atoms with Crippen molar-refractivity contribution in [1.29, 1.82) is 0 Å². The predicted molar refractivity (Wildman–Crippen MR) is 170 cm³/mol. The maximum Gasteiger partial charge on any atom is 0.272 e. The first kappa shape index (κ1) is 30.4. The maximum atomic E-state index is 14.3. The highest BCUT2D eigenvalue weighted by atomic mass is 32.2. The van der Waals surface area contributed by atoms with Gasteiger partial charge in [0.05, 0.1) is 21.2 Å². The number of anilines is 2. The zero-order valence-electron chi connectivity index (χ0n) is 23.9. The van der Waals surface area contributed by atoms with Gasteiger partial charge in [-0.1, -0.05) is 83.9 Å². The summed E-state index contributed by atoms with van der Waals surface area (Å²) in [5.41, 5.74) is 1.05. The molecule has 0 radical (unpaired) electrons. The van der Waals surface area contributed by atoms with Crippen LogP contribution in [0.3, 0.4) is 0 Å². The minimum Gasteiger partial charge on any atom is -0.268 e. The molecule has 0 unspecified atom stereocenters. The summed E-state index contributed by atoms with van der Waals surface area (Å²) in [6.07, 6.45) is 0. The van der Waals surface area contributed by atoms with Gasteiger partial charge in [-0.25, -0.2) is 16.8 Å². The number of carbonyl (C=O) groups is 2. The number of amides is 2. The molecule has 5 rings (SSSR count). The van der Waals surface area contributed by atoms with E-state index in [9.17, 15) is 26.4 Å². The van der Waals surface area contributed by atoms with E-state index in [0.717, 1.165) is 11.1 Å². The Labute approximate surface area is 256 Å². The normalized spacial score (nSPS) is 11.5. The van der Waals surface area contributed by atoms with Crippen molar-refractivity contribution in [3.05, 3.63) is 156 Å². The average Bonchev–Trinajstić information content (AvgIpc) is 3.03. The number of carbonyl (C=O) groups excluding carboxylic acids is 2. The van der Waals surface area contributed by atoms with Crippen LogP contribution in [-0.4, -0.2) is 28.6 Å². The van der Waals surface area contributed by atoms with Gasteiger partial charge in [0, 0.05) is 11.1 Å². The molecule has 222 valence electrons. The molecule has 0 bridgehead atoms. The van der Waals surface area contributed by atoms with E-state index in [1.165, 1.54) is 72.8 Å². The van der Waals surface area contributed by atoms with Crippen molar-refractivity contribution >= 4 is 43.2 Å². The second-order valence-corrected chi connectivity index (χ2v) is 13.6. The highest BCUT2D eigenvalue weighted by Gasteiger charge is 2.39. The molecule has 0 atom stereocenters. The summed E-state index contributed by atoms with van der Waals surface area (Å²) in [5, 5.41) is 0. The van der Waals surface area contributed by atoms with Crippen LogP contribution in [0, 0.1) is 13.8 Å². The molecule has 0 fully saturated rings. The van der Waals surface area contributed by atoms with Gasteiger partial charge in [-0.15, -0.1) is 0 Å². The van der Waals surface area contributed by atoms with E-state index < -0.39 is 31.9 Å². The minimum absolute atomic E-state index is 0.0420. The van der Waals surface area contributed by atoms with Gasteiger partial charge in [0.15, 0.2) is 0 Å². The topological polar surface area (TPSA) is 109 Å². The second kappa shape index (κ2) is 12.3. The lowest BCUT2D eigenvalue weighted by molar-refractivity contribution is 0.0993. The number of benzene rings is 5. The fraction of sp³-hybridized carbons (Fsp3) is 0.0588. The summed E-state index contributed by atoms with van der Waals surface area (Å²) in [6.45, 7) is 3.59. The summed E-state index contributed by atoms with van der Waals surface area (Å²) >= 11 is 0. The van der Waals surface area contributed by atoms with Crippen LogP contribution in [0.1, 0.15) is 31.8 Å². The molecule has 0 aliphatic heterocycles. The van der Waals surface area contributed by atoms with Gasteiger partial charge >= 0.3 is 0 Å². The lowest BCUT2D eigenvalue weighted by atomic mass is 10.2. The molecule has 2 amide bonds. The quantitative estimate of drug-likeness (QED) is 0.198. The van der Waals surface area contributed by atoms with Crippen molar-refractivity contribution in [2.24, 2.45) is 0 Å². The Balaban J connectivity index is 1.80. The van der Waals surface area contributed by atoms with Crippen LogP contribution in [0.15, 0.2) is 143 Å². The van der Waals surface area contributed by atoms with E-state index in [4.69, 9.17) is 0 Å². The zero-order chi connectivity index (χ0) is 31.5. The van der Waals surface area contributed by atoms with Gasteiger partial charge in [0.1, 0.15) is 0 Å². The molecule has 44 heavy (non-hydrogen) atoms. The van der Waals surface area contributed by atoms with Gasteiger partial charge in [-0.2, -0.15) is 8.61 Å². The summed E-state index contributed by atoms with van der Waals surface area (Å²) in [4.78, 5) is 27.8. The Morgan fingerprint density at radius 3 is 1.05 bits per heavy atom. The fourth-order valence-corrected chi connectivity index (χ4v) is 7.39. The van der Waals surface area contributed by atoms with Crippen molar-refractivity contribution in [3.63, 3.8) is 0 Å². The van der Waals surface area contributed by atoms with Crippen LogP contribution in [0.5, 0.6) is 0 Å². The van der Waals surface area contributed by atoms with Crippen LogP contribution in [0.4, 0.5) is 11.4 Å². The molecule has 0 saturated heterocycles. The van der Waals surface area contributed by atoms with Crippen molar-refractivity contribution < 1.29 is 26.4 Å². The van der Waals surface area contributed by atoms with Crippen molar-refractivity contribution in [2.75, 3.05) is 8.61 Å². The number of nitrogens with zero attached hydrogens (tertiary/aromatic N) is 2. The molecule has 0 aliphatic rings. The van der Waals surface area contributed by atoms with Crippen LogP contribution in [-0.2, 0) is 20.0 Å². The Morgan fingerprint density at radius 2 is 0.727 bits per heavy atom. The fourth-order valence-electron chi connectivity index (χ4n) is 4.53. The molecule has 0 spiro atoms. The van der Waals surface area contributed by atoms with E-state index in [0.29, 0.717) is 8.61 Å². The number of hydrogen-bond acceptors (Lipinski definition) is 6. The zero-order valence-corrected chi connectivity index (χ0v) is 25.5. The molecule has 10 heteroatoms. The molecular weight excluding hydrogens is 597 g/mol. The molecule has 0 aromatic heterocycles. The average molecular weight is 625 g/mol. The van der Waals surface area contributed by atoms with E-state index in [2.05, 4.69) is 0 Å². The van der Waals surface area contributed by atoms with Gasteiger partial charge < -0.3 is 0 Å². The third kappa shape index (κ3) is 5.90. The van der Waals surface area contributed by atoms with E-state index in [1.807, 2.05) is 0 Å². The predicted octanol–water partition coefficient (Wildman–Crippen LogP) is 6.37. The number of aryl methyl sites for hydroxylation is 2. The van der Waals surface area contributed by atoms with Crippen molar-refractivity contribution in [2.45, 2.75) is 23.6 Å². The summed E-state index contributed by atoms with van der Waals surface area (Å²) in [6, 6.07) is 32.9. The van der Waals surface area contributed by atoms with Crippen LogP contribution < -0.4 is 8.61 Å². The molecule has 5 aromatic carbocycles. The van der Waals surface area contributed by atoms with Gasteiger partial charge in [-0.3, -0.25) is 9.59 Å². The lowest BCUT2D eigenvalue weighted by Crippen LogP contribution is -2.41. The summed E-state index contributed by atoms with van der Waals surface area (Å²) in [5.74, 6) is -1.86. The Kier molecular flexibility index (Phi) is 8.48. The number of rotatable bonds is 8. The number of para-hydroxylation sites is 2. The third-order valence-electron chi connectivity index (χ3n) is 6.85. The Hall–Kier alpha value is -5.06. The smallest absolute Gasteiger partial charge is 0.268 e. The highest BCUT2D eigenvalue weighted by molar-refractivity contribution is 7.94. The molecule has 0 N–H and O–H groups in total. The molecule has 5 aromatic rings. The number of hydrogen-bond donors (Lipinski definition) is 0. The first-order valence-electron chi connectivity index (χ1n) is 13.5. The Morgan fingerprint density at radius 1 is 0.432 bits per heavy atom. The highest BCUT2D eigenvalue weighted by Crippen LogP contribution is 2.38. The minimum atomic E-state index is -4.63. The van der Waals surface area contributed by atoms with Crippen LogP contribution in [0.25, 0.3) is 0 Å². The van der Waals surface area contributed by atoms with E-state index in [1.54, 1.807) is 74.5 Å². The number of sulfonamides is 2. The second-order valence-electron chi connectivity index (χ2n) is 10.00. The summed E-state index contributed by atoms with van der Waals surface area (Å²) in [7, 11) is -9.26. The third-order valence-corrected chi connectivity index (χ3v) is 10.3. The SMILES string of the molecule is Cc1ccc(S(=O)(=O)N(C(=O)c2ccccc2)c2ccccc2N(C(=O)c2ccccc2)S(=O)(=O)c2ccc(C)cc2)cc1. The first-order valence-corrected chi connectivity index (χ1v) is 16.4. The monoisotopic (exact) mass is 624 g/mol.